The molecule has 0 aliphatic heterocycles. The fourth-order valence-corrected chi connectivity index (χ4v) is 1.74. The second-order valence-corrected chi connectivity index (χ2v) is 4.14. The van der Waals surface area contributed by atoms with Crippen molar-refractivity contribution in [2.45, 2.75) is 20.0 Å². The standard InChI is InChI=1S/C11H14ClN3O/c1-8-3-10(16-11(8)5-13-2)7-15-6-9(12)4-14-15/h3-4,6,13H,5,7H2,1-2H3. The molecule has 0 aromatic carbocycles. The lowest BCUT2D eigenvalue weighted by Gasteiger charge is -1.98. The summed E-state index contributed by atoms with van der Waals surface area (Å²) in [5.41, 5.74) is 1.16. The van der Waals surface area contributed by atoms with Crippen LogP contribution in [0.25, 0.3) is 0 Å². The highest BCUT2D eigenvalue weighted by Crippen LogP contribution is 2.16. The molecule has 0 aliphatic rings. The van der Waals surface area contributed by atoms with Crippen molar-refractivity contribution in [2.24, 2.45) is 0 Å². The smallest absolute Gasteiger partial charge is 0.126 e. The van der Waals surface area contributed by atoms with E-state index in [4.69, 9.17) is 16.0 Å². The predicted molar refractivity (Wildman–Crippen MR) is 62.5 cm³/mol. The Morgan fingerprint density at radius 1 is 1.56 bits per heavy atom. The van der Waals surface area contributed by atoms with Crippen molar-refractivity contribution in [3.8, 4) is 0 Å². The zero-order valence-corrected chi connectivity index (χ0v) is 10.1. The summed E-state index contributed by atoms with van der Waals surface area (Å²) in [6, 6.07) is 2.03. The molecule has 0 amide bonds. The summed E-state index contributed by atoms with van der Waals surface area (Å²) in [6.45, 7) is 3.39. The van der Waals surface area contributed by atoms with E-state index in [2.05, 4.69) is 10.4 Å². The van der Waals surface area contributed by atoms with Gasteiger partial charge in [-0.1, -0.05) is 11.6 Å². The Labute approximate surface area is 99.2 Å². The normalized spacial score (nSPS) is 10.9. The van der Waals surface area contributed by atoms with Crippen molar-refractivity contribution in [2.75, 3.05) is 7.05 Å². The van der Waals surface area contributed by atoms with Crippen LogP contribution in [0, 0.1) is 6.92 Å². The van der Waals surface area contributed by atoms with E-state index in [-0.39, 0.29) is 0 Å². The minimum atomic E-state index is 0.608. The predicted octanol–water partition coefficient (Wildman–Crippen LogP) is 2.21. The van der Waals surface area contributed by atoms with Crippen molar-refractivity contribution in [3.63, 3.8) is 0 Å². The molecule has 0 aliphatic carbocycles. The van der Waals surface area contributed by atoms with Crippen LogP contribution in [0.15, 0.2) is 22.9 Å². The molecule has 0 saturated carbocycles. The highest BCUT2D eigenvalue weighted by atomic mass is 35.5. The van der Waals surface area contributed by atoms with Gasteiger partial charge < -0.3 is 9.73 Å². The molecule has 0 radical (unpaired) electrons. The van der Waals surface area contributed by atoms with E-state index in [1.807, 2.05) is 20.0 Å². The van der Waals surface area contributed by atoms with E-state index in [0.717, 1.165) is 23.6 Å². The molecular weight excluding hydrogens is 226 g/mol. The SMILES string of the molecule is CNCc1oc(Cn2cc(Cl)cn2)cc1C. The van der Waals surface area contributed by atoms with Crippen LogP contribution in [-0.4, -0.2) is 16.8 Å². The Bertz CT molecular complexity index is 475. The van der Waals surface area contributed by atoms with Gasteiger partial charge in [0, 0.05) is 6.20 Å². The van der Waals surface area contributed by atoms with Crippen LogP contribution < -0.4 is 5.32 Å². The van der Waals surface area contributed by atoms with Gasteiger partial charge in [0.25, 0.3) is 0 Å². The highest BCUT2D eigenvalue weighted by molar-refractivity contribution is 6.30. The number of aromatic nitrogens is 2. The number of nitrogens with one attached hydrogen (secondary N) is 1. The van der Waals surface area contributed by atoms with Gasteiger partial charge >= 0.3 is 0 Å². The Hall–Kier alpha value is -1.26. The second kappa shape index (κ2) is 4.72. The van der Waals surface area contributed by atoms with Crippen LogP contribution in [-0.2, 0) is 13.1 Å². The summed E-state index contributed by atoms with van der Waals surface area (Å²) in [4.78, 5) is 0. The van der Waals surface area contributed by atoms with Gasteiger partial charge in [-0.3, -0.25) is 4.68 Å². The van der Waals surface area contributed by atoms with Gasteiger partial charge in [0.2, 0.25) is 0 Å². The Balaban J connectivity index is 2.13. The molecule has 2 rings (SSSR count). The lowest BCUT2D eigenvalue weighted by Crippen LogP contribution is -2.04. The van der Waals surface area contributed by atoms with Crippen LogP contribution in [0.4, 0.5) is 0 Å². The molecule has 0 unspecified atom stereocenters. The molecular formula is C11H14ClN3O. The van der Waals surface area contributed by atoms with Crippen LogP contribution in [0.1, 0.15) is 17.1 Å². The fraction of sp³-hybridized carbons (Fsp3) is 0.364. The molecule has 0 spiro atoms. The first-order valence-corrected chi connectivity index (χ1v) is 5.47. The molecule has 1 N–H and O–H groups in total. The number of furan rings is 1. The highest BCUT2D eigenvalue weighted by Gasteiger charge is 2.07. The first kappa shape index (κ1) is 11.2. The zero-order valence-electron chi connectivity index (χ0n) is 9.33. The van der Waals surface area contributed by atoms with Crippen LogP contribution >= 0.6 is 11.6 Å². The van der Waals surface area contributed by atoms with E-state index < -0.39 is 0 Å². The third kappa shape index (κ3) is 2.46. The summed E-state index contributed by atoms with van der Waals surface area (Å²) in [5, 5.41) is 7.81. The first-order valence-electron chi connectivity index (χ1n) is 5.10. The average molecular weight is 240 g/mol. The Morgan fingerprint density at radius 2 is 2.38 bits per heavy atom. The van der Waals surface area contributed by atoms with Gasteiger partial charge in [-0.2, -0.15) is 5.10 Å². The van der Waals surface area contributed by atoms with Gasteiger partial charge in [0.05, 0.1) is 24.3 Å². The molecule has 0 bridgehead atoms. The summed E-state index contributed by atoms with van der Waals surface area (Å²) in [5.74, 6) is 1.86. The topological polar surface area (TPSA) is 43.0 Å². The number of halogens is 1. The summed E-state index contributed by atoms with van der Waals surface area (Å²) >= 11 is 5.79. The Morgan fingerprint density at radius 3 is 3.00 bits per heavy atom. The zero-order chi connectivity index (χ0) is 11.5. The van der Waals surface area contributed by atoms with Gasteiger partial charge in [-0.25, -0.2) is 0 Å². The van der Waals surface area contributed by atoms with Crippen LogP contribution in [0.5, 0.6) is 0 Å². The molecule has 16 heavy (non-hydrogen) atoms. The van der Waals surface area contributed by atoms with Gasteiger partial charge in [0.15, 0.2) is 0 Å². The van der Waals surface area contributed by atoms with Crippen molar-refractivity contribution in [1.29, 1.82) is 0 Å². The molecule has 2 aromatic rings. The van der Waals surface area contributed by atoms with E-state index >= 15 is 0 Å². The van der Waals surface area contributed by atoms with E-state index in [1.165, 1.54) is 0 Å². The number of nitrogens with zero attached hydrogens (tertiary/aromatic N) is 2. The summed E-state index contributed by atoms with van der Waals surface area (Å²) in [7, 11) is 1.90. The van der Waals surface area contributed by atoms with Crippen molar-refractivity contribution in [3.05, 3.63) is 40.6 Å². The summed E-state index contributed by atoms with van der Waals surface area (Å²) in [6.07, 6.45) is 3.39. The third-order valence-electron chi connectivity index (χ3n) is 2.33. The second-order valence-electron chi connectivity index (χ2n) is 3.71. The first-order chi connectivity index (χ1) is 7.69. The Kier molecular flexibility index (Phi) is 3.31. The van der Waals surface area contributed by atoms with Gasteiger partial charge in [0.1, 0.15) is 11.5 Å². The summed E-state index contributed by atoms with van der Waals surface area (Å²) < 4.78 is 7.46. The molecule has 0 atom stereocenters. The third-order valence-corrected chi connectivity index (χ3v) is 2.52. The van der Waals surface area contributed by atoms with Gasteiger partial charge in [-0.05, 0) is 25.6 Å². The number of aryl methyl sites for hydroxylation is 1. The van der Waals surface area contributed by atoms with E-state index in [1.54, 1.807) is 17.1 Å². The molecule has 4 nitrogen and oxygen atoms in total. The number of hydrogen-bond donors (Lipinski definition) is 1. The quantitative estimate of drug-likeness (QED) is 0.890. The number of hydrogen-bond acceptors (Lipinski definition) is 3. The maximum absolute atomic E-state index is 5.79. The van der Waals surface area contributed by atoms with Crippen molar-refractivity contribution < 1.29 is 4.42 Å². The molecule has 0 fully saturated rings. The molecule has 2 heterocycles. The van der Waals surface area contributed by atoms with Crippen molar-refractivity contribution in [1.82, 2.24) is 15.1 Å². The van der Waals surface area contributed by atoms with Crippen LogP contribution in [0.3, 0.4) is 0 Å². The monoisotopic (exact) mass is 239 g/mol. The largest absolute Gasteiger partial charge is 0.462 e. The molecule has 2 aromatic heterocycles. The van der Waals surface area contributed by atoms with Crippen molar-refractivity contribution >= 4 is 11.6 Å². The molecule has 86 valence electrons. The van der Waals surface area contributed by atoms with E-state index in [0.29, 0.717) is 11.6 Å². The molecule has 5 heteroatoms. The van der Waals surface area contributed by atoms with Gasteiger partial charge in [-0.15, -0.1) is 0 Å². The fourth-order valence-electron chi connectivity index (χ4n) is 1.59. The maximum Gasteiger partial charge on any atom is 0.126 e. The lowest BCUT2D eigenvalue weighted by atomic mass is 10.2. The minimum absolute atomic E-state index is 0.608. The average Bonchev–Trinajstić information content (AvgIpc) is 2.76. The lowest BCUT2D eigenvalue weighted by molar-refractivity contribution is 0.435. The van der Waals surface area contributed by atoms with E-state index in [9.17, 15) is 0 Å². The molecule has 0 saturated heterocycles. The maximum atomic E-state index is 5.79. The minimum Gasteiger partial charge on any atom is -0.462 e. The number of rotatable bonds is 4. The van der Waals surface area contributed by atoms with Crippen LogP contribution in [0.2, 0.25) is 5.02 Å².